The SMILES string of the molecule is O=C(O)CCN(CCC(=O)O)C(=O)Oc1cccc(-c2c3nc(c(-c4cccc(OC(=O)N(CCC(=O)O)CCC(=O)O)c4)c4ccc([nH]4)c(-c4cccc(OC(=O)N(CCC(=O)O)CCC(=O)O)c4)c4nc(c(-c5cccc(OC(=O)N(CCC(=O)O)CCC(=O)O)c5)c5ccc2[nH]5)C=C4)C=C3)c1. The summed E-state index contributed by atoms with van der Waals surface area (Å²) in [6, 6.07) is 31.5. The molecule has 32 nitrogen and oxygen atoms in total. The first kappa shape index (κ1) is 74.5. The minimum atomic E-state index is -1.26. The largest absolute Gasteiger partial charge is 0.481 e. The molecule has 4 amide bonds. The van der Waals surface area contributed by atoms with E-state index in [1.807, 2.05) is 0 Å². The second-order valence-corrected chi connectivity index (χ2v) is 23.2. The Labute approximate surface area is 588 Å². The van der Waals surface area contributed by atoms with Crippen molar-refractivity contribution in [2.75, 3.05) is 52.4 Å². The van der Waals surface area contributed by atoms with E-state index in [4.69, 9.17) is 28.9 Å². The molecule has 7 aromatic rings. The van der Waals surface area contributed by atoms with E-state index in [0.717, 1.165) is 19.6 Å². The Balaban J connectivity index is 1.32. The summed E-state index contributed by atoms with van der Waals surface area (Å²) >= 11 is 0. The van der Waals surface area contributed by atoms with Crippen molar-refractivity contribution in [3.05, 3.63) is 144 Å². The summed E-state index contributed by atoms with van der Waals surface area (Å²) in [4.78, 5) is 170. The van der Waals surface area contributed by atoms with Crippen LogP contribution >= 0.6 is 0 Å². The maximum Gasteiger partial charge on any atom is 0.415 e. The number of aromatic nitrogens is 4. The lowest BCUT2D eigenvalue weighted by molar-refractivity contribution is -0.139. The third-order valence-corrected chi connectivity index (χ3v) is 15.9. The second-order valence-electron chi connectivity index (χ2n) is 23.2. The summed E-state index contributed by atoms with van der Waals surface area (Å²) in [5.74, 6) is -10.3. The number of hydrogen-bond donors (Lipinski definition) is 10. The van der Waals surface area contributed by atoms with Crippen molar-refractivity contribution in [3.8, 4) is 67.5 Å². The van der Waals surface area contributed by atoms with E-state index in [1.54, 1.807) is 97.1 Å². The molecule has 0 saturated heterocycles. The van der Waals surface area contributed by atoms with Crippen LogP contribution in [-0.2, 0) is 38.4 Å². The Bertz CT molecular complexity index is 4130. The number of carbonyl (C=O) groups excluding carboxylic acids is 4. The van der Waals surface area contributed by atoms with Gasteiger partial charge in [-0.05, 0) is 119 Å². The molecular weight excluding hydrogens is 1360 g/mol. The minimum absolute atomic E-state index is 0.0656. The second kappa shape index (κ2) is 34.4. The van der Waals surface area contributed by atoms with E-state index in [9.17, 15) is 98.4 Å². The number of carboxylic acids is 8. The Morgan fingerprint density at radius 1 is 0.279 bits per heavy atom. The van der Waals surface area contributed by atoms with Crippen LogP contribution in [0.1, 0.15) is 74.1 Å². The highest BCUT2D eigenvalue weighted by atomic mass is 16.6. The van der Waals surface area contributed by atoms with Crippen LogP contribution in [0.5, 0.6) is 23.0 Å². The van der Waals surface area contributed by atoms with Gasteiger partial charge in [-0.25, -0.2) is 29.1 Å². The molecular formula is C72H66N8O24. The van der Waals surface area contributed by atoms with Crippen molar-refractivity contribution < 1.29 is 117 Å². The van der Waals surface area contributed by atoms with Gasteiger partial charge in [0.1, 0.15) is 23.0 Å². The van der Waals surface area contributed by atoms with E-state index in [2.05, 4.69) is 9.97 Å². The lowest BCUT2D eigenvalue weighted by Crippen LogP contribution is -2.37. The summed E-state index contributed by atoms with van der Waals surface area (Å²) in [5.41, 5.74) is 5.23. The van der Waals surface area contributed by atoms with Crippen molar-refractivity contribution in [1.82, 2.24) is 39.5 Å². The molecule has 538 valence electrons. The summed E-state index contributed by atoms with van der Waals surface area (Å²) in [6.07, 6.45) is -1.78. The molecule has 4 aromatic carbocycles. The van der Waals surface area contributed by atoms with Crippen LogP contribution in [0.25, 0.3) is 90.9 Å². The Morgan fingerprint density at radius 2 is 0.462 bits per heavy atom. The lowest BCUT2D eigenvalue weighted by Gasteiger charge is -2.20. The van der Waals surface area contributed by atoms with Crippen molar-refractivity contribution >= 4 is 118 Å². The molecule has 3 aromatic heterocycles. The summed E-state index contributed by atoms with van der Waals surface area (Å²) < 4.78 is 23.3. The van der Waals surface area contributed by atoms with Crippen molar-refractivity contribution in [3.63, 3.8) is 0 Å². The van der Waals surface area contributed by atoms with Crippen LogP contribution in [0.15, 0.2) is 121 Å². The Hall–Kier alpha value is -13.7. The van der Waals surface area contributed by atoms with E-state index >= 15 is 0 Å². The fourth-order valence-electron chi connectivity index (χ4n) is 11.0. The van der Waals surface area contributed by atoms with E-state index in [-0.39, 0.29) is 45.8 Å². The maximum atomic E-state index is 13.8. The highest BCUT2D eigenvalue weighted by molar-refractivity contribution is 6.00. The van der Waals surface area contributed by atoms with Gasteiger partial charge in [-0.1, -0.05) is 48.5 Å². The predicted octanol–water partition coefficient (Wildman–Crippen LogP) is 10.3. The van der Waals surface area contributed by atoms with Gasteiger partial charge in [-0.15, -0.1) is 0 Å². The van der Waals surface area contributed by atoms with Gasteiger partial charge in [-0.2, -0.15) is 0 Å². The highest BCUT2D eigenvalue weighted by Gasteiger charge is 2.27. The van der Waals surface area contributed by atoms with Crippen molar-refractivity contribution in [2.24, 2.45) is 0 Å². The number of aliphatic carboxylic acids is 8. The maximum absolute atomic E-state index is 13.8. The van der Waals surface area contributed by atoms with E-state index < -0.39 is 176 Å². The molecule has 2 aliphatic heterocycles. The van der Waals surface area contributed by atoms with Gasteiger partial charge in [0.25, 0.3) is 0 Å². The molecule has 9 rings (SSSR count). The molecule has 10 N–H and O–H groups in total. The quantitative estimate of drug-likeness (QED) is 0.0187. The molecule has 0 unspecified atom stereocenters. The van der Waals surface area contributed by atoms with E-state index in [0.29, 0.717) is 66.6 Å². The minimum Gasteiger partial charge on any atom is -0.481 e. The number of carbonyl (C=O) groups is 12. The molecule has 32 heteroatoms. The van der Waals surface area contributed by atoms with Crippen LogP contribution in [-0.4, -0.2) is 205 Å². The van der Waals surface area contributed by atoms with Gasteiger partial charge in [0, 0.05) is 96.7 Å². The van der Waals surface area contributed by atoms with Crippen LogP contribution in [0, 0.1) is 0 Å². The fourth-order valence-corrected chi connectivity index (χ4v) is 11.0. The lowest BCUT2D eigenvalue weighted by atomic mass is 10.0. The fraction of sp³-hybridized carbons (Fsp3) is 0.222. The number of aromatic amines is 2. The molecule has 5 heterocycles. The molecule has 0 fully saturated rings. The predicted molar refractivity (Wildman–Crippen MR) is 369 cm³/mol. The number of amides is 4. The summed E-state index contributed by atoms with van der Waals surface area (Å²) in [6.45, 7) is -3.14. The number of rotatable bonds is 32. The number of benzene rings is 4. The van der Waals surface area contributed by atoms with Gasteiger partial charge >= 0.3 is 72.1 Å². The number of hydrogen-bond acceptors (Lipinski definition) is 18. The number of nitrogens with zero attached hydrogens (tertiary/aromatic N) is 6. The van der Waals surface area contributed by atoms with Gasteiger partial charge in [-0.3, -0.25) is 38.4 Å². The summed E-state index contributed by atoms with van der Waals surface area (Å²) in [7, 11) is 0. The average Bonchev–Trinajstić information content (AvgIpc) is 1.61. The molecule has 0 spiro atoms. The molecule has 0 radical (unpaired) electrons. The normalized spacial score (nSPS) is 11.2. The van der Waals surface area contributed by atoms with E-state index in [1.165, 1.54) is 48.5 Å². The molecule has 104 heavy (non-hydrogen) atoms. The Morgan fingerprint density at radius 3 is 0.635 bits per heavy atom. The zero-order valence-electron chi connectivity index (χ0n) is 55.0. The van der Waals surface area contributed by atoms with Crippen molar-refractivity contribution in [1.29, 1.82) is 0 Å². The molecule has 8 bridgehead atoms. The zero-order valence-corrected chi connectivity index (χ0v) is 55.0. The third kappa shape index (κ3) is 20.3. The van der Waals surface area contributed by atoms with Crippen LogP contribution in [0.2, 0.25) is 0 Å². The number of carboxylic acid groups (broad SMARTS) is 8. The highest BCUT2D eigenvalue weighted by Crippen LogP contribution is 2.41. The molecule has 2 aliphatic rings. The monoisotopic (exact) mass is 1430 g/mol. The van der Waals surface area contributed by atoms with Crippen LogP contribution in [0.4, 0.5) is 19.2 Å². The number of ether oxygens (including phenoxy) is 4. The first-order valence-corrected chi connectivity index (χ1v) is 31.9. The topological polar surface area (TPSA) is 474 Å². The molecule has 0 saturated carbocycles. The van der Waals surface area contributed by atoms with Gasteiger partial charge in [0.2, 0.25) is 0 Å². The van der Waals surface area contributed by atoms with Gasteiger partial charge < -0.3 is 89.4 Å². The first-order chi connectivity index (χ1) is 49.7. The van der Waals surface area contributed by atoms with Crippen LogP contribution < -0.4 is 18.9 Å². The standard InChI is InChI=1S/C72H66N8O24/c81-57(82)21-29-77(30-22-58(83)84)69(97)101-45-9-1-5-41(37-45)65-49-13-15-51(73-49)66(42-6-2-10-46(38-42)102-70(98)78(31-23-59(85)86)32-24-60(87)88)53-17-19-55(75-53)68(44-8-4-12-48(40-44)104-72(100)80(35-27-63(93)94)36-28-64(95)96)56-20-18-54(76-56)67(52-16-14-50(65)74-52)43-7-3-11-47(39-43)103-71(99)79(33-25-61(89)90)34-26-62(91)92/h1-20,37-40,73,76H,21-36H2,(H,81,82)(H,83,84)(H,85,86)(H,87,88)(H,89,90)(H,91,92)(H,93,94)(H,95,96). The third-order valence-electron chi connectivity index (χ3n) is 15.9. The smallest absolute Gasteiger partial charge is 0.415 e. The number of nitrogens with one attached hydrogen (secondary N) is 2. The molecule has 0 atom stereocenters. The van der Waals surface area contributed by atoms with Crippen LogP contribution in [0.3, 0.4) is 0 Å². The molecule has 0 aliphatic carbocycles. The van der Waals surface area contributed by atoms with Gasteiger partial charge in [0.15, 0.2) is 0 Å². The van der Waals surface area contributed by atoms with Crippen molar-refractivity contribution in [2.45, 2.75) is 51.4 Å². The number of fused-ring (bicyclic) bond motifs is 8. The average molecular weight is 1430 g/mol. The first-order valence-electron chi connectivity index (χ1n) is 31.9. The zero-order chi connectivity index (χ0) is 74.7. The Kier molecular flexibility index (Phi) is 24.7. The van der Waals surface area contributed by atoms with Gasteiger partial charge in [0.05, 0.1) is 74.1 Å². The summed E-state index contributed by atoms with van der Waals surface area (Å²) in [5, 5.41) is 75.9. The number of H-pyrrole nitrogens is 2.